The minimum absolute atomic E-state index is 0.152. The maximum atomic E-state index is 12.5. The summed E-state index contributed by atoms with van der Waals surface area (Å²) in [4.78, 5) is 16.7. The monoisotopic (exact) mass is 361 g/mol. The molecule has 1 heterocycles. The zero-order chi connectivity index (χ0) is 19.1. The van der Waals surface area contributed by atoms with Gasteiger partial charge < -0.3 is 15.4 Å². The molecule has 3 aromatic rings. The molecule has 5 nitrogen and oxygen atoms in total. The molecule has 1 aromatic heterocycles. The van der Waals surface area contributed by atoms with E-state index in [2.05, 4.69) is 15.6 Å². The van der Waals surface area contributed by atoms with Gasteiger partial charge in [0, 0.05) is 24.0 Å². The van der Waals surface area contributed by atoms with Crippen LogP contribution in [-0.2, 0) is 6.42 Å². The summed E-state index contributed by atoms with van der Waals surface area (Å²) in [5.74, 6) is 1.38. The summed E-state index contributed by atoms with van der Waals surface area (Å²) in [7, 11) is 1.66. The van der Waals surface area contributed by atoms with Crippen molar-refractivity contribution in [3.8, 4) is 5.75 Å². The van der Waals surface area contributed by atoms with E-state index < -0.39 is 0 Å². The van der Waals surface area contributed by atoms with E-state index in [1.54, 1.807) is 25.4 Å². The van der Waals surface area contributed by atoms with Gasteiger partial charge in [0.15, 0.2) is 0 Å². The number of benzene rings is 2. The van der Waals surface area contributed by atoms with E-state index in [1.807, 2.05) is 55.5 Å². The van der Waals surface area contributed by atoms with Gasteiger partial charge in [-0.25, -0.2) is 4.98 Å². The number of pyridine rings is 1. The number of anilines is 2. The lowest BCUT2D eigenvalue weighted by molar-refractivity contribution is 0.102. The average molecular weight is 361 g/mol. The summed E-state index contributed by atoms with van der Waals surface area (Å²) in [5.41, 5.74) is 3.66. The Bertz CT molecular complexity index is 907. The smallest absolute Gasteiger partial charge is 0.255 e. The Balaban J connectivity index is 1.57. The second-order valence-corrected chi connectivity index (χ2v) is 6.28. The number of aromatic nitrogens is 1. The van der Waals surface area contributed by atoms with Crippen LogP contribution in [0.25, 0.3) is 0 Å². The summed E-state index contributed by atoms with van der Waals surface area (Å²) >= 11 is 0. The van der Waals surface area contributed by atoms with Crippen molar-refractivity contribution in [2.45, 2.75) is 13.3 Å². The lowest BCUT2D eigenvalue weighted by Gasteiger charge is -2.09. The Labute approximate surface area is 159 Å². The van der Waals surface area contributed by atoms with Crippen LogP contribution in [0.3, 0.4) is 0 Å². The quantitative estimate of drug-likeness (QED) is 0.658. The lowest BCUT2D eigenvalue weighted by atomic mass is 10.1. The van der Waals surface area contributed by atoms with Crippen LogP contribution in [0.1, 0.15) is 21.5 Å². The second-order valence-electron chi connectivity index (χ2n) is 6.28. The number of aryl methyl sites for hydroxylation is 1. The zero-order valence-corrected chi connectivity index (χ0v) is 15.5. The van der Waals surface area contributed by atoms with Crippen LogP contribution in [-0.4, -0.2) is 24.5 Å². The molecule has 138 valence electrons. The number of carbonyl (C=O) groups is 1. The predicted octanol–water partition coefficient (Wildman–Crippen LogP) is 4.31. The molecule has 2 aromatic carbocycles. The minimum atomic E-state index is -0.152. The van der Waals surface area contributed by atoms with Gasteiger partial charge in [0.1, 0.15) is 11.6 Å². The molecule has 0 unspecified atom stereocenters. The van der Waals surface area contributed by atoms with Gasteiger partial charge >= 0.3 is 0 Å². The van der Waals surface area contributed by atoms with Crippen LogP contribution in [0.2, 0.25) is 0 Å². The topological polar surface area (TPSA) is 63.2 Å². The molecule has 0 bridgehead atoms. The first-order valence-electron chi connectivity index (χ1n) is 8.85. The summed E-state index contributed by atoms with van der Waals surface area (Å²) in [5, 5.41) is 6.18. The summed E-state index contributed by atoms with van der Waals surface area (Å²) in [6.07, 6.45) is 2.49. The highest BCUT2D eigenvalue weighted by Crippen LogP contribution is 2.14. The number of rotatable bonds is 7. The summed E-state index contributed by atoms with van der Waals surface area (Å²) in [6, 6.07) is 19.2. The van der Waals surface area contributed by atoms with Crippen LogP contribution in [0.5, 0.6) is 5.75 Å². The number of methoxy groups -OCH3 is 1. The highest BCUT2D eigenvalue weighted by Gasteiger charge is 2.07. The minimum Gasteiger partial charge on any atom is -0.497 e. The fourth-order valence-electron chi connectivity index (χ4n) is 2.72. The van der Waals surface area contributed by atoms with E-state index in [9.17, 15) is 4.79 Å². The molecule has 0 radical (unpaired) electrons. The molecule has 0 saturated carbocycles. The number of hydrogen-bond donors (Lipinski definition) is 2. The molecular weight excluding hydrogens is 338 g/mol. The highest BCUT2D eigenvalue weighted by molar-refractivity contribution is 6.04. The van der Waals surface area contributed by atoms with Crippen molar-refractivity contribution >= 4 is 17.4 Å². The molecule has 0 aliphatic carbocycles. The number of carbonyl (C=O) groups excluding carboxylic acids is 1. The SMILES string of the molecule is COc1ccc(CCNc2cc(C(=O)Nc3cccc(C)c3)ccn2)cc1. The molecule has 0 saturated heterocycles. The van der Waals surface area contributed by atoms with E-state index in [1.165, 1.54) is 5.56 Å². The molecule has 0 aliphatic heterocycles. The second kappa shape index (κ2) is 8.85. The predicted molar refractivity (Wildman–Crippen MR) is 109 cm³/mol. The molecule has 27 heavy (non-hydrogen) atoms. The number of amides is 1. The fraction of sp³-hybridized carbons (Fsp3) is 0.182. The number of ether oxygens (including phenoxy) is 1. The molecule has 3 rings (SSSR count). The Kier molecular flexibility index (Phi) is 6.05. The average Bonchev–Trinajstić information content (AvgIpc) is 2.69. The third kappa shape index (κ3) is 5.31. The highest BCUT2D eigenvalue weighted by atomic mass is 16.5. The van der Waals surface area contributed by atoms with Gasteiger partial charge in [0.2, 0.25) is 0 Å². The zero-order valence-electron chi connectivity index (χ0n) is 15.5. The third-order valence-electron chi connectivity index (χ3n) is 4.18. The molecule has 0 fully saturated rings. The maximum Gasteiger partial charge on any atom is 0.255 e. The normalized spacial score (nSPS) is 10.3. The van der Waals surface area contributed by atoms with Crippen molar-refractivity contribution in [1.29, 1.82) is 0 Å². The van der Waals surface area contributed by atoms with Crippen LogP contribution >= 0.6 is 0 Å². The summed E-state index contributed by atoms with van der Waals surface area (Å²) in [6.45, 7) is 2.72. The van der Waals surface area contributed by atoms with E-state index in [-0.39, 0.29) is 5.91 Å². The van der Waals surface area contributed by atoms with Gasteiger partial charge in [-0.05, 0) is 60.9 Å². The molecule has 2 N–H and O–H groups in total. The molecule has 0 aliphatic rings. The van der Waals surface area contributed by atoms with Crippen molar-refractivity contribution in [2.75, 3.05) is 24.3 Å². The summed E-state index contributed by atoms with van der Waals surface area (Å²) < 4.78 is 5.16. The van der Waals surface area contributed by atoms with Crippen molar-refractivity contribution in [3.05, 3.63) is 83.6 Å². The molecular formula is C22H23N3O2. The van der Waals surface area contributed by atoms with E-state index in [4.69, 9.17) is 4.74 Å². The first-order chi connectivity index (χ1) is 13.1. The number of hydrogen-bond acceptors (Lipinski definition) is 4. The van der Waals surface area contributed by atoms with Gasteiger partial charge in [0.25, 0.3) is 5.91 Å². The molecule has 1 amide bonds. The van der Waals surface area contributed by atoms with E-state index in [0.29, 0.717) is 11.4 Å². The van der Waals surface area contributed by atoms with Gasteiger partial charge in [-0.15, -0.1) is 0 Å². The maximum absolute atomic E-state index is 12.5. The first-order valence-corrected chi connectivity index (χ1v) is 8.85. The Morgan fingerprint density at radius 2 is 1.89 bits per heavy atom. The van der Waals surface area contributed by atoms with Crippen molar-refractivity contribution in [2.24, 2.45) is 0 Å². The van der Waals surface area contributed by atoms with Crippen molar-refractivity contribution < 1.29 is 9.53 Å². The molecule has 0 spiro atoms. The van der Waals surface area contributed by atoms with Gasteiger partial charge in [-0.3, -0.25) is 4.79 Å². The fourth-order valence-corrected chi connectivity index (χ4v) is 2.72. The number of nitrogens with zero attached hydrogens (tertiary/aromatic N) is 1. The Hall–Kier alpha value is -3.34. The molecule has 5 heteroatoms. The van der Waals surface area contributed by atoms with Crippen LogP contribution in [0.4, 0.5) is 11.5 Å². The largest absolute Gasteiger partial charge is 0.497 e. The number of nitrogens with one attached hydrogen (secondary N) is 2. The Morgan fingerprint density at radius 1 is 1.07 bits per heavy atom. The van der Waals surface area contributed by atoms with Crippen LogP contribution in [0.15, 0.2) is 66.9 Å². The standard InChI is InChI=1S/C22H23N3O2/c1-16-4-3-5-19(14-16)25-22(26)18-11-13-24-21(15-18)23-12-10-17-6-8-20(27-2)9-7-17/h3-9,11,13-15H,10,12H2,1-2H3,(H,23,24)(H,25,26). The van der Waals surface area contributed by atoms with Crippen molar-refractivity contribution in [3.63, 3.8) is 0 Å². The third-order valence-corrected chi connectivity index (χ3v) is 4.18. The first kappa shape index (κ1) is 18.5. The van der Waals surface area contributed by atoms with Crippen molar-refractivity contribution in [1.82, 2.24) is 4.98 Å². The van der Waals surface area contributed by atoms with Gasteiger partial charge in [0.05, 0.1) is 7.11 Å². The van der Waals surface area contributed by atoms with Gasteiger partial charge in [-0.2, -0.15) is 0 Å². The van der Waals surface area contributed by atoms with E-state index in [0.717, 1.165) is 30.0 Å². The molecule has 0 atom stereocenters. The Morgan fingerprint density at radius 3 is 2.63 bits per heavy atom. The lowest BCUT2D eigenvalue weighted by Crippen LogP contribution is -2.13. The van der Waals surface area contributed by atoms with Crippen LogP contribution < -0.4 is 15.4 Å². The van der Waals surface area contributed by atoms with Crippen LogP contribution in [0, 0.1) is 6.92 Å². The van der Waals surface area contributed by atoms with E-state index >= 15 is 0 Å². The van der Waals surface area contributed by atoms with Gasteiger partial charge in [-0.1, -0.05) is 24.3 Å².